The number of nitrogens with zero attached hydrogens (tertiary/aromatic N) is 2. The van der Waals surface area contributed by atoms with E-state index in [1.807, 2.05) is 49.6 Å². The maximum Gasteiger partial charge on any atom is 0.359 e. The van der Waals surface area contributed by atoms with E-state index in [1.54, 1.807) is 30.5 Å². The van der Waals surface area contributed by atoms with E-state index in [1.165, 1.54) is 4.90 Å². The van der Waals surface area contributed by atoms with Crippen molar-refractivity contribution < 1.29 is 14.3 Å². The third-order valence-corrected chi connectivity index (χ3v) is 5.02. The molecule has 0 bridgehead atoms. The lowest BCUT2D eigenvalue weighted by Gasteiger charge is -2.10. The van der Waals surface area contributed by atoms with E-state index in [0.29, 0.717) is 12.3 Å². The molecule has 0 radical (unpaired) electrons. The average molecular weight is 382 g/mol. The van der Waals surface area contributed by atoms with Crippen LogP contribution in [0.15, 0.2) is 53.4 Å². The van der Waals surface area contributed by atoms with Crippen molar-refractivity contribution in [3.05, 3.63) is 59.8 Å². The maximum atomic E-state index is 12.4. The van der Waals surface area contributed by atoms with E-state index in [4.69, 9.17) is 9.47 Å². The number of hydrogen-bond acceptors (Lipinski definition) is 5. The van der Waals surface area contributed by atoms with E-state index in [9.17, 15) is 4.79 Å². The molecule has 1 heterocycles. The summed E-state index contributed by atoms with van der Waals surface area (Å²) in [6.07, 6.45) is 2.04. The Kier molecular flexibility index (Phi) is 5.86. The van der Waals surface area contributed by atoms with Gasteiger partial charge in [0.2, 0.25) is 0 Å². The Bertz CT molecular complexity index is 931. The minimum atomic E-state index is -0.413. The first kappa shape index (κ1) is 19.0. The van der Waals surface area contributed by atoms with Gasteiger partial charge in [-0.25, -0.2) is 9.48 Å². The molecule has 0 aliphatic rings. The summed E-state index contributed by atoms with van der Waals surface area (Å²) in [5.74, 6) is 0.350. The summed E-state index contributed by atoms with van der Waals surface area (Å²) in [5.41, 5.74) is 3.83. The Balaban J connectivity index is 2.16. The lowest BCUT2D eigenvalue weighted by atomic mass is 10.1. The molecule has 0 saturated heterocycles. The second-order valence-electron chi connectivity index (χ2n) is 5.88. The lowest BCUT2D eigenvalue weighted by molar-refractivity contribution is 0.0518. The molecule has 0 aliphatic heterocycles. The van der Waals surface area contributed by atoms with Gasteiger partial charge >= 0.3 is 5.97 Å². The number of ether oxygens (including phenoxy) is 2. The number of carbonyl (C=O) groups excluding carboxylic acids is 1. The maximum absolute atomic E-state index is 12.4. The Morgan fingerprint density at radius 3 is 2.33 bits per heavy atom. The number of methoxy groups -OCH3 is 1. The highest BCUT2D eigenvalue weighted by Crippen LogP contribution is 2.31. The molecule has 5 nitrogen and oxygen atoms in total. The zero-order valence-electron chi connectivity index (χ0n) is 15.9. The standard InChI is InChI=1S/C21H22N2O3S/c1-5-26-21(24)19-14(2)20(15-6-12-18(27-4)13-7-15)23(22-19)16-8-10-17(25-3)11-9-16/h6-13H,5H2,1-4H3. The summed E-state index contributed by atoms with van der Waals surface area (Å²) in [4.78, 5) is 13.6. The number of rotatable bonds is 6. The third-order valence-electron chi connectivity index (χ3n) is 4.27. The highest BCUT2D eigenvalue weighted by molar-refractivity contribution is 7.98. The summed E-state index contributed by atoms with van der Waals surface area (Å²) < 4.78 is 12.2. The number of thioether (sulfide) groups is 1. The van der Waals surface area contributed by atoms with Crippen LogP contribution in [-0.4, -0.2) is 35.7 Å². The molecule has 0 atom stereocenters. The SMILES string of the molecule is CCOC(=O)c1nn(-c2ccc(OC)cc2)c(-c2ccc(SC)cc2)c1C. The molecule has 3 aromatic rings. The Morgan fingerprint density at radius 2 is 1.78 bits per heavy atom. The van der Waals surface area contributed by atoms with Crippen molar-refractivity contribution >= 4 is 17.7 Å². The molecule has 1 aromatic heterocycles. The van der Waals surface area contributed by atoms with E-state index >= 15 is 0 Å². The van der Waals surface area contributed by atoms with Crippen LogP contribution in [-0.2, 0) is 4.74 Å². The number of carbonyl (C=O) groups is 1. The summed E-state index contributed by atoms with van der Waals surface area (Å²) in [5, 5.41) is 4.57. The van der Waals surface area contributed by atoms with Crippen molar-refractivity contribution in [2.75, 3.05) is 20.0 Å². The van der Waals surface area contributed by atoms with Gasteiger partial charge in [0.05, 0.1) is 25.1 Å². The zero-order chi connectivity index (χ0) is 19.4. The quantitative estimate of drug-likeness (QED) is 0.455. The van der Waals surface area contributed by atoms with Crippen LogP contribution in [0.1, 0.15) is 23.0 Å². The van der Waals surface area contributed by atoms with Gasteiger partial charge in [0.1, 0.15) is 5.75 Å². The molecular weight excluding hydrogens is 360 g/mol. The van der Waals surface area contributed by atoms with Gasteiger partial charge in [-0.15, -0.1) is 11.8 Å². The Morgan fingerprint density at radius 1 is 1.11 bits per heavy atom. The fourth-order valence-corrected chi connectivity index (χ4v) is 3.30. The average Bonchev–Trinajstić information content (AvgIpc) is 3.05. The van der Waals surface area contributed by atoms with Crippen LogP contribution in [0, 0.1) is 6.92 Å². The predicted octanol–water partition coefficient (Wildman–Crippen LogP) is 4.75. The molecule has 0 fully saturated rings. The second-order valence-corrected chi connectivity index (χ2v) is 6.76. The van der Waals surface area contributed by atoms with E-state index < -0.39 is 5.97 Å². The normalized spacial score (nSPS) is 10.7. The van der Waals surface area contributed by atoms with E-state index in [0.717, 1.165) is 28.3 Å². The smallest absolute Gasteiger partial charge is 0.359 e. The number of esters is 1. The van der Waals surface area contributed by atoms with Gasteiger partial charge in [0.25, 0.3) is 0 Å². The largest absolute Gasteiger partial charge is 0.497 e. The first-order valence-corrected chi connectivity index (χ1v) is 9.87. The van der Waals surface area contributed by atoms with Gasteiger partial charge in [-0.05, 0) is 56.5 Å². The van der Waals surface area contributed by atoms with E-state index in [2.05, 4.69) is 17.2 Å². The molecule has 0 unspecified atom stereocenters. The molecule has 2 aromatic carbocycles. The minimum absolute atomic E-state index is 0.311. The van der Waals surface area contributed by atoms with Crippen LogP contribution in [0.3, 0.4) is 0 Å². The van der Waals surface area contributed by atoms with Crippen LogP contribution in [0.4, 0.5) is 0 Å². The number of hydrogen-bond donors (Lipinski definition) is 0. The van der Waals surface area contributed by atoms with Gasteiger partial charge in [-0.1, -0.05) is 12.1 Å². The van der Waals surface area contributed by atoms with Gasteiger partial charge in [0.15, 0.2) is 5.69 Å². The molecule has 140 valence electrons. The van der Waals surface area contributed by atoms with Crippen LogP contribution in [0.2, 0.25) is 0 Å². The Hall–Kier alpha value is -2.73. The Labute approximate surface area is 163 Å². The summed E-state index contributed by atoms with van der Waals surface area (Å²) in [6.45, 7) is 4.00. The van der Waals surface area contributed by atoms with Crippen molar-refractivity contribution in [1.82, 2.24) is 9.78 Å². The monoisotopic (exact) mass is 382 g/mol. The molecule has 0 saturated carbocycles. The molecule has 27 heavy (non-hydrogen) atoms. The first-order valence-electron chi connectivity index (χ1n) is 8.64. The first-order chi connectivity index (χ1) is 13.1. The van der Waals surface area contributed by atoms with Crippen molar-refractivity contribution in [3.8, 4) is 22.7 Å². The van der Waals surface area contributed by atoms with Gasteiger partial charge in [-0.3, -0.25) is 0 Å². The molecule has 6 heteroatoms. The number of aromatic nitrogens is 2. The second kappa shape index (κ2) is 8.31. The van der Waals surface area contributed by atoms with Crippen LogP contribution in [0.25, 0.3) is 16.9 Å². The van der Waals surface area contributed by atoms with Gasteiger partial charge in [-0.2, -0.15) is 5.10 Å². The molecule has 0 N–H and O–H groups in total. The summed E-state index contributed by atoms with van der Waals surface area (Å²) in [7, 11) is 1.63. The molecular formula is C21H22N2O3S. The van der Waals surface area contributed by atoms with Gasteiger partial charge in [0, 0.05) is 16.0 Å². The minimum Gasteiger partial charge on any atom is -0.497 e. The molecule has 3 rings (SSSR count). The summed E-state index contributed by atoms with van der Waals surface area (Å²) >= 11 is 1.69. The van der Waals surface area contributed by atoms with Crippen LogP contribution in [0.5, 0.6) is 5.75 Å². The molecule has 0 aliphatic carbocycles. The molecule has 0 amide bonds. The summed E-state index contributed by atoms with van der Waals surface area (Å²) in [6, 6.07) is 15.8. The fourth-order valence-electron chi connectivity index (χ4n) is 2.89. The lowest BCUT2D eigenvalue weighted by Crippen LogP contribution is -2.07. The van der Waals surface area contributed by atoms with Crippen LogP contribution >= 0.6 is 11.8 Å². The zero-order valence-corrected chi connectivity index (χ0v) is 16.7. The van der Waals surface area contributed by atoms with Crippen molar-refractivity contribution in [3.63, 3.8) is 0 Å². The molecule has 0 spiro atoms. The highest BCUT2D eigenvalue weighted by Gasteiger charge is 2.23. The fraction of sp³-hybridized carbons (Fsp3) is 0.238. The third kappa shape index (κ3) is 3.85. The van der Waals surface area contributed by atoms with E-state index in [-0.39, 0.29) is 0 Å². The van der Waals surface area contributed by atoms with Gasteiger partial charge < -0.3 is 9.47 Å². The highest BCUT2D eigenvalue weighted by atomic mass is 32.2. The van der Waals surface area contributed by atoms with Crippen molar-refractivity contribution in [2.24, 2.45) is 0 Å². The van der Waals surface area contributed by atoms with Crippen molar-refractivity contribution in [1.29, 1.82) is 0 Å². The topological polar surface area (TPSA) is 53.3 Å². The predicted molar refractivity (Wildman–Crippen MR) is 108 cm³/mol. The van der Waals surface area contributed by atoms with Crippen molar-refractivity contribution in [2.45, 2.75) is 18.7 Å². The van der Waals surface area contributed by atoms with Crippen LogP contribution < -0.4 is 4.74 Å². The number of benzene rings is 2.